The summed E-state index contributed by atoms with van der Waals surface area (Å²) in [6.45, 7) is -0.568. The quantitative estimate of drug-likeness (QED) is 0.827. The van der Waals surface area contributed by atoms with Gasteiger partial charge < -0.3 is 14.9 Å². The molecule has 0 radical (unpaired) electrons. The van der Waals surface area contributed by atoms with Crippen molar-refractivity contribution in [3.63, 3.8) is 0 Å². The molecule has 0 aliphatic heterocycles. The van der Waals surface area contributed by atoms with E-state index in [2.05, 4.69) is 0 Å². The molecule has 1 aliphatic rings. The molecule has 1 aliphatic carbocycles. The number of aliphatic carboxylic acids is 2. The van der Waals surface area contributed by atoms with Gasteiger partial charge in [-0.3, -0.25) is 14.5 Å². The maximum Gasteiger partial charge on any atom is 0.317 e. The summed E-state index contributed by atoms with van der Waals surface area (Å²) in [5.41, 5.74) is 2.11. The van der Waals surface area contributed by atoms with E-state index >= 15 is 0 Å². The number of carbonyl (C=O) groups is 2. The molecule has 0 heterocycles. The Hall–Kier alpha value is -2.08. The molecule has 1 unspecified atom stereocenters. The van der Waals surface area contributed by atoms with Crippen LogP contribution in [0.2, 0.25) is 0 Å². The first-order chi connectivity index (χ1) is 10.0. The molecular formula is C15H19NO5. The second-order valence-electron chi connectivity index (χ2n) is 5.17. The first-order valence-corrected chi connectivity index (χ1v) is 6.85. The van der Waals surface area contributed by atoms with Crippen LogP contribution in [0.1, 0.15) is 30.0 Å². The molecule has 0 aromatic heterocycles. The first-order valence-electron chi connectivity index (χ1n) is 6.85. The highest BCUT2D eigenvalue weighted by atomic mass is 16.5. The van der Waals surface area contributed by atoms with Gasteiger partial charge in [0.25, 0.3) is 0 Å². The fourth-order valence-electron chi connectivity index (χ4n) is 2.88. The van der Waals surface area contributed by atoms with Crippen LogP contribution in [-0.2, 0) is 16.0 Å². The van der Waals surface area contributed by atoms with Crippen molar-refractivity contribution in [3.8, 4) is 5.75 Å². The average Bonchev–Trinajstić information content (AvgIpc) is 2.44. The van der Waals surface area contributed by atoms with E-state index in [0.29, 0.717) is 5.75 Å². The average molecular weight is 293 g/mol. The van der Waals surface area contributed by atoms with Crippen LogP contribution >= 0.6 is 0 Å². The number of carboxylic acid groups (broad SMARTS) is 2. The van der Waals surface area contributed by atoms with E-state index in [4.69, 9.17) is 14.9 Å². The molecule has 0 saturated heterocycles. The molecule has 2 rings (SSSR count). The summed E-state index contributed by atoms with van der Waals surface area (Å²) in [4.78, 5) is 23.5. The second kappa shape index (κ2) is 6.58. The maximum absolute atomic E-state index is 11.0. The van der Waals surface area contributed by atoms with E-state index in [0.717, 1.165) is 30.4 Å². The third-order valence-electron chi connectivity index (χ3n) is 3.75. The molecule has 114 valence electrons. The van der Waals surface area contributed by atoms with Gasteiger partial charge in [-0.2, -0.15) is 0 Å². The normalized spacial score (nSPS) is 17.3. The second-order valence-corrected chi connectivity index (χ2v) is 5.17. The third kappa shape index (κ3) is 3.72. The van der Waals surface area contributed by atoms with Gasteiger partial charge in [0.05, 0.1) is 20.2 Å². The fraction of sp³-hybridized carbons (Fsp3) is 0.467. The summed E-state index contributed by atoms with van der Waals surface area (Å²) in [6.07, 6.45) is 2.59. The largest absolute Gasteiger partial charge is 0.497 e. The summed E-state index contributed by atoms with van der Waals surface area (Å²) in [5.74, 6) is -1.34. The van der Waals surface area contributed by atoms with Crippen LogP contribution in [0.15, 0.2) is 18.2 Å². The topological polar surface area (TPSA) is 87.1 Å². The van der Waals surface area contributed by atoms with E-state index in [1.807, 2.05) is 18.2 Å². The number of benzene rings is 1. The van der Waals surface area contributed by atoms with Crippen LogP contribution in [0.5, 0.6) is 5.75 Å². The molecule has 0 fully saturated rings. The SMILES string of the molecule is COc1ccc2c(c1)C(N(CC(=O)O)CC(=O)O)CCC2. The Kier molecular flexibility index (Phi) is 4.80. The van der Waals surface area contributed by atoms with Gasteiger partial charge in [0, 0.05) is 6.04 Å². The van der Waals surface area contributed by atoms with Gasteiger partial charge in [0.1, 0.15) is 5.75 Å². The van der Waals surface area contributed by atoms with Crippen LogP contribution in [0.25, 0.3) is 0 Å². The Morgan fingerprint density at radius 2 is 1.95 bits per heavy atom. The lowest BCUT2D eigenvalue weighted by Gasteiger charge is -2.34. The Morgan fingerprint density at radius 3 is 2.52 bits per heavy atom. The van der Waals surface area contributed by atoms with Crippen LogP contribution in [0.4, 0.5) is 0 Å². The predicted octanol–water partition coefficient (Wildman–Crippen LogP) is 1.54. The molecule has 0 amide bonds. The van der Waals surface area contributed by atoms with E-state index in [1.165, 1.54) is 4.90 Å². The molecule has 1 aromatic carbocycles. The van der Waals surface area contributed by atoms with Crippen LogP contribution in [0, 0.1) is 0 Å². The minimum Gasteiger partial charge on any atom is -0.497 e. The van der Waals surface area contributed by atoms with Gasteiger partial charge in [-0.05, 0) is 42.5 Å². The van der Waals surface area contributed by atoms with Crippen molar-refractivity contribution in [1.82, 2.24) is 4.90 Å². The van der Waals surface area contributed by atoms with Crippen molar-refractivity contribution in [3.05, 3.63) is 29.3 Å². The zero-order chi connectivity index (χ0) is 15.4. The summed E-state index contributed by atoms with van der Waals surface area (Å²) >= 11 is 0. The molecule has 0 saturated carbocycles. The number of nitrogens with zero attached hydrogens (tertiary/aromatic N) is 1. The van der Waals surface area contributed by atoms with Crippen LogP contribution < -0.4 is 4.74 Å². The molecule has 6 heteroatoms. The number of methoxy groups -OCH3 is 1. The number of carboxylic acids is 2. The smallest absolute Gasteiger partial charge is 0.317 e. The Labute approximate surface area is 122 Å². The summed E-state index contributed by atoms with van der Waals surface area (Å²) < 4.78 is 5.22. The molecule has 21 heavy (non-hydrogen) atoms. The van der Waals surface area contributed by atoms with Gasteiger partial charge in [-0.25, -0.2) is 0 Å². The molecule has 1 aromatic rings. The minimum atomic E-state index is -1.02. The molecule has 0 spiro atoms. The number of fused-ring (bicyclic) bond motifs is 1. The Morgan fingerprint density at radius 1 is 1.29 bits per heavy atom. The highest BCUT2D eigenvalue weighted by Gasteiger charge is 2.29. The number of hydrogen-bond acceptors (Lipinski definition) is 4. The molecular weight excluding hydrogens is 274 g/mol. The molecule has 6 nitrogen and oxygen atoms in total. The number of aryl methyl sites for hydroxylation is 1. The van der Waals surface area contributed by atoms with Gasteiger partial charge in [0.2, 0.25) is 0 Å². The third-order valence-corrected chi connectivity index (χ3v) is 3.75. The molecule has 1 atom stereocenters. The summed E-state index contributed by atoms with van der Waals surface area (Å²) in [6, 6.07) is 5.53. The molecule has 0 bridgehead atoms. The van der Waals surface area contributed by atoms with Crippen molar-refractivity contribution in [1.29, 1.82) is 0 Å². The van der Waals surface area contributed by atoms with Crippen molar-refractivity contribution in [2.24, 2.45) is 0 Å². The van der Waals surface area contributed by atoms with E-state index in [1.54, 1.807) is 7.11 Å². The number of rotatable bonds is 6. The van der Waals surface area contributed by atoms with Crippen LogP contribution in [-0.4, -0.2) is 47.3 Å². The Bertz CT molecular complexity index is 527. The fourth-order valence-corrected chi connectivity index (χ4v) is 2.88. The van der Waals surface area contributed by atoms with Gasteiger partial charge in [-0.15, -0.1) is 0 Å². The minimum absolute atomic E-state index is 0.198. The summed E-state index contributed by atoms with van der Waals surface area (Å²) in [5, 5.41) is 18.0. The van der Waals surface area contributed by atoms with Gasteiger partial charge in [0.15, 0.2) is 0 Å². The van der Waals surface area contributed by atoms with Crippen molar-refractivity contribution < 1.29 is 24.5 Å². The van der Waals surface area contributed by atoms with Crippen molar-refractivity contribution in [2.45, 2.75) is 25.3 Å². The standard InChI is InChI=1S/C15H19NO5/c1-21-11-6-5-10-3-2-4-13(12(10)7-11)16(8-14(17)18)9-15(19)20/h5-7,13H,2-4,8-9H2,1H3,(H,17,18)(H,19,20). The maximum atomic E-state index is 11.0. The number of ether oxygens (including phenoxy) is 1. The van der Waals surface area contributed by atoms with Gasteiger partial charge in [-0.1, -0.05) is 6.07 Å². The molecule has 2 N–H and O–H groups in total. The predicted molar refractivity (Wildman–Crippen MR) is 75.5 cm³/mol. The zero-order valence-electron chi connectivity index (χ0n) is 11.9. The van der Waals surface area contributed by atoms with Crippen molar-refractivity contribution in [2.75, 3.05) is 20.2 Å². The van der Waals surface area contributed by atoms with Gasteiger partial charge >= 0.3 is 11.9 Å². The highest BCUT2D eigenvalue weighted by molar-refractivity contribution is 5.72. The Balaban J connectivity index is 2.33. The number of hydrogen-bond donors (Lipinski definition) is 2. The monoisotopic (exact) mass is 293 g/mol. The lowest BCUT2D eigenvalue weighted by atomic mass is 9.86. The summed E-state index contributed by atoms with van der Waals surface area (Å²) in [7, 11) is 1.58. The van der Waals surface area contributed by atoms with Crippen LogP contribution in [0.3, 0.4) is 0 Å². The zero-order valence-corrected chi connectivity index (χ0v) is 11.9. The lowest BCUT2D eigenvalue weighted by molar-refractivity contribution is -0.143. The lowest BCUT2D eigenvalue weighted by Crippen LogP contribution is -2.39. The first kappa shape index (κ1) is 15.3. The van der Waals surface area contributed by atoms with E-state index < -0.39 is 11.9 Å². The highest BCUT2D eigenvalue weighted by Crippen LogP contribution is 2.36. The van der Waals surface area contributed by atoms with Crippen molar-refractivity contribution >= 4 is 11.9 Å². The van der Waals surface area contributed by atoms with E-state index in [9.17, 15) is 9.59 Å². The van der Waals surface area contributed by atoms with E-state index in [-0.39, 0.29) is 19.1 Å².